The fourth-order valence-electron chi connectivity index (χ4n) is 0.973. The molecular formula is C9H12N2O2. The van der Waals surface area contributed by atoms with Gasteiger partial charge in [-0.05, 0) is 13.8 Å². The van der Waals surface area contributed by atoms with E-state index in [1.807, 2.05) is 19.1 Å². The molecule has 0 atom stereocenters. The van der Waals surface area contributed by atoms with E-state index in [1.54, 1.807) is 13.1 Å². The lowest BCUT2D eigenvalue weighted by Gasteiger charge is -2.00. The minimum atomic E-state index is -0.367. The lowest BCUT2D eigenvalue weighted by Crippen LogP contribution is -2.30. The van der Waals surface area contributed by atoms with Gasteiger partial charge in [0.05, 0.1) is 0 Å². The van der Waals surface area contributed by atoms with Gasteiger partial charge in [-0.3, -0.25) is 14.3 Å². The zero-order valence-electron chi connectivity index (χ0n) is 7.70. The normalized spacial score (nSPS) is 10.9. The summed E-state index contributed by atoms with van der Waals surface area (Å²) in [7, 11) is 0. The second-order valence-electron chi connectivity index (χ2n) is 2.79. The van der Waals surface area contributed by atoms with Crippen molar-refractivity contribution in [2.45, 2.75) is 20.4 Å². The summed E-state index contributed by atoms with van der Waals surface area (Å²) in [5, 5.41) is 0. The van der Waals surface area contributed by atoms with Gasteiger partial charge in [-0.1, -0.05) is 12.2 Å². The Morgan fingerprint density at radius 1 is 1.54 bits per heavy atom. The summed E-state index contributed by atoms with van der Waals surface area (Å²) in [4.78, 5) is 24.4. The Morgan fingerprint density at radius 2 is 2.23 bits per heavy atom. The molecule has 0 aliphatic carbocycles. The molecule has 0 saturated heterocycles. The van der Waals surface area contributed by atoms with Gasteiger partial charge in [-0.15, -0.1) is 0 Å². The van der Waals surface area contributed by atoms with Crippen LogP contribution in [0.25, 0.3) is 0 Å². The minimum Gasteiger partial charge on any atom is -0.297 e. The summed E-state index contributed by atoms with van der Waals surface area (Å²) >= 11 is 0. The standard InChI is InChI=1S/C9H12N2O2/c1-3-4-5-11-6-7(2)8(12)10-9(11)13/h3-4,6H,5H2,1-2H3,(H,10,12,13)/b4-3-. The van der Waals surface area contributed by atoms with E-state index in [1.165, 1.54) is 4.57 Å². The number of hydrogen-bond acceptors (Lipinski definition) is 2. The maximum Gasteiger partial charge on any atom is 0.328 e. The Labute approximate surface area is 75.5 Å². The summed E-state index contributed by atoms with van der Waals surface area (Å²) in [5.41, 5.74) is -0.139. The lowest BCUT2D eigenvalue weighted by molar-refractivity contribution is 0.728. The van der Waals surface area contributed by atoms with Crippen LogP contribution in [0.5, 0.6) is 0 Å². The molecule has 0 radical (unpaired) electrons. The molecule has 1 rings (SSSR count). The first-order chi connectivity index (χ1) is 6.15. The van der Waals surface area contributed by atoms with E-state index in [2.05, 4.69) is 4.98 Å². The molecule has 0 bridgehead atoms. The molecule has 4 heteroatoms. The van der Waals surface area contributed by atoms with Gasteiger partial charge in [0.15, 0.2) is 0 Å². The summed E-state index contributed by atoms with van der Waals surface area (Å²) in [6.07, 6.45) is 5.26. The number of aromatic amines is 1. The van der Waals surface area contributed by atoms with Crippen molar-refractivity contribution < 1.29 is 0 Å². The van der Waals surface area contributed by atoms with Gasteiger partial charge in [0, 0.05) is 18.3 Å². The summed E-state index contributed by atoms with van der Waals surface area (Å²) < 4.78 is 1.46. The van der Waals surface area contributed by atoms with Crippen LogP contribution in [0.15, 0.2) is 27.9 Å². The van der Waals surface area contributed by atoms with Crippen LogP contribution in [-0.4, -0.2) is 9.55 Å². The van der Waals surface area contributed by atoms with Crippen molar-refractivity contribution in [3.8, 4) is 0 Å². The molecule has 1 aromatic heterocycles. The maximum atomic E-state index is 11.2. The van der Waals surface area contributed by atoms with E-state index in [9.17, 15) is 9.59 Å². The van der Waals surface area contributed by atoms with Crippen molar-refractivity contribution in [3.63, 3.8) is 0 Å². The summed E-state index contributed by atoms with van der Waals surface area (Å²) in [5.74, 6) is 0. The highest BCUT2D eigenvalue weighted by molar-refractivity contribution is 5.01. The maximum absolute atomic E-state index is 11.2. The highest BCUT2D eigenvalue weighted by Crippen LogP contribution is 1.84. The van der Waals surface area contributed by atoms with E-state index in [0.29, 0.717) is 12.1 Å². The second kappa shape index (κ2) is 3.89. The van der Waals surface area contributed by atoms with Crippen LogP contribution in [0.4, 0.5) is 0 Å². The fourth-order valence-corrected chi connectivity index (χ4v) is 0.973. The zero-order chi connectivity index (χ0) is 9.84. The molecule has 0 aliphatic rings. The summed E-state index contributed by atoms with van der Waals surface area (Å²) in [6.45, 7) is 4.04. The molecular weight excluding hydrogens is 168 g/mol. The first-order valence-electron chi connectivity index (χ1n) is 4.06. The third-order valence-electron chi connectivity index (χ3n) is 1.73. The molecule has 13 heavy (non-hydrogen) atoms. The molecule has 1 aromatic rings. The second-order valence-corrected chi connectivity index (χ2v) is 2.79. The van der Waals surface area contributed by atoms with Crippen LogP contribution >= 0.6 is 0 Å². The van der Waals surface area contributed by atoms with E-state index >= 15 is 0 Å². The number of aryl methyl sites for hydroxylation is 1. The minimum absolute atomic E-state index is 0.318. The molecule has 0 amide bonds. The van der Waals surface area contributed by atoms with Crippen molar-refractivity contribution >= 4 is 0 Å². The number of allylic oxidation sites excluding steroid dienone is 2. The number of H-pyrrole nitrogens is 1. The number of aromatic nitrogens is 2. The quantitative estimate of drug-likeness (QED) is 0.670. The predicted molar refractivity (Wildman–Crippen MR) is 50.9 cm³/mol. The largest absolute Gasteiger partial charge is 0.328 e. The molecule has 0 saturated carbocycles. The van der Waals surface area contributed by atoms with Crippen molar-refractivity contribution in [1.82, 2.24) is 9.55 Å². The molecule has 0 spiro atoms. The van der Waals surface area contributed by atoms with Gasteiger partial charge >= 0.3 is 5.69 Å². The summed E-state index contributed by atoms with van der Waals surface area (Å²) in [6, 6.07) is 0. The third-order valence-corrected chi connectivity index (χ3v) is 1.73. The topological polar surface area (TPSA) is 54.9 Å². The first-order valence-corrected chi connectivity index (χ1v) is 4.06. The monoisotopic (exact) mass is 180 g/mol. The number of nitrogens with one attached hydrogen (secondary N) is 1. The smallest absolute Gasteiger partial charge is 0.297 e. The lowest BCUT2D eigenvalue weighted by atomic mass is 10.4. The van der Waals surface area contributed by atoms with Crippen molar-refractivity contribution in [2.24, 2.45) is 0 Å². The van der Waals surface area contributed by atoms with E-state index in [4.69, 9.17) is 0 Å². The highest BCUT2D eigenvalue weighted by Gasteiger charge is 1.97. The van der Waals surface area contributed by atoms with Crippen molar-refractivity contribution in [3.05, 3.63) is 44.8 Å². The fraction of sp³-hybridized carbons (Fsp3) is 0.333. The van der Waals surface area contributed by atoms with Crippen LogP contribution in [0.1, 0.15) is 12.5 Å². The van der Waals surface area contributed by atoms with Gasteiger partial charge in [0.2, 0.25) is 0 Å². The van der Waals surface area contributed by atoms with Crippen molar-refractivity contribution in [1.29, 1.82) is 0 Å². The molecule has 4 nitrogen and oxygen atoms in total. The zero-order valence-corrected chi connectivity index (χ0v) is 7.70. The van der Waals surface area contributed by atoms with E-state index in [0.717, 1.165) is 0 Å². The molecule has 0 aliphatic heterocycles. The predicted octanol–water partition coefficient (Wildman–Crippen LogP) is 0.421. The molecule has 0 unspecified atom stereocenters. The highest BCUT2D eigenvalue weighted by atomic mass is 16.2. The van der Waals surface area contributed by atoms with E-state index < -0.39 is 0 Å². The average Bonchev–Trinajstić information content (AvgIpc) is 2.09. The molecule has 0 aromatic carbocycles. The Hall–Kier alpha value is -1.58. The molecule has 1 heterocycles. The van der Waals surface area contributed by atoms with Crippen LogP contribution in [0, 0.1) is 6.92 Å². The Bertz CT molecular complexity index is 426. The number of nitrogens with zero attached hydrogens (tertiary/aromatic N) is 1. The third kappa shape index (κ3) is 2.18. The van der Waals surface area contributed by atoms with Crippen LogP contribution in [-0.2, 0) is 6.54 Å². The van der Waals surface area contributed by atoms with Crippen LogP contribution < -0.4 is 11.2 Å². The van der Waals surface area contributed by atoms with Crippen LogP contribution in [0.2, 0.25) is 0 Å². The van der Waals surface area contributed by atoms with Crippen LogP contribution in [0.3, 0.4) is 0 Å². The van der Waals surface area contributed by atoms with Gasteiger partial charge in [0.1, 0.15) is 0 Å². The van der Waals surface area contributed by atoms with E-state index in [-0.39, 0.29) is 11.2 Å². The SMILES string of the molecule is C/C=C\Cn1cc(C)c(=O)[nH]c1=O. The number of hydrogen-bond donors (Lipinski definition) is 1. The molecule has 1 N–H and O–H groups in total. The Kier molecular flexibility index (Phi) is 2.84. The molecule has 70 valence electrons. The molecule has 0 fully saturated rings. The number of rotatable bonds is 2. The average molecular weight is 180 g/mol. The first kappa shape index (κ1) is 9.51. The van der Waals surface area contributed by atoms with Crippen molar-refractivity contribution in [2.75, 3.05) is 0 Å². The Balaban J connectivity index is 3.16. The van der Waals surface area contributed by atoms with Gasteiger partial charge in [0.25, 0.3) is 5.56 Å². The Morgan fingerprint density at radius 3 is 2.85 bits per heavy atom. The van der Waals surface area contributed by atoms with Gasteiger partial charge in [-0.25, -0.2) is 4.79 Å². The van der Waals surface area contributed by atoms with Gasteiger partial charge < -0.3 is 0 Å². The van der Waals surface area contributed by atoms with Gasteiger partial charge in [-0.2, -0.15) is 0 Å².